The Hall–Kier alpha value is -2.91. The van der Waals surface area contributed by atoms with Crippen molar-refractivity contribution in [3.8, 4) is 5.75 Å². The van der Waals surface area contributed by atoms with Crippen LogP contribution in [0.25, 0.3) is 0 Å². The molecular weight excluding hydrogens is 441 g/mol. The Balaban J connectivity index is 1.72. The SMILES string of the molecule is CC(C)C1C2OCCCN2C(=O)c2c(O)c(=O)c(C(=O)NCc3cccc(Cl)c3F)cn21. The predicted octanol–water partition coefficient (Wildman–Crippen LogP) is 2.68. The minimum atomic E-state index is -0.965. The first-order valence-corrected chi connectivity index (χ1v) is 10.7. The lowest BCUT2D eigenvalue weighted by Crippen LogP contribution is -2.56. The monoisotopic (exact) mass is 463 g/mol. The van der Waals surface area contributed by atoms with Crippen molar-refractivity contribution < 1.29 is 23.8 Å². The van der Waals surface area contributed by atoms with Gasteiger partial charge < -0.3 is 24.6 Å². The van der Waals surface area contributed by atoms with E-state index >= 15 is 0 Å². The molecule has 1 aromatic heterocycles. The van der Waals surface area contributed by atoms with Crippen molar-refractivity contribution in [3.05, 3.63) is 62.3 Å². The molecule has 4 rings (SSSR count). The number of nitrogens with one attached hydrogen (secondary N) is 1. The molecule has 2 aliphatic heterocycles. The summed E-state index contributed by atoms with van der Waals surface area (Å²) in [4.78, 5) is 40.1. The Labute approximate surface area is 188 Å². The third-order valence-corrected chi connectivity index (χ3v) is 6.12. The highest BCUT2D eigenvalue weighted by atomic mass is 35.5. The van der Waals surface area contributed by atoms with Gasteiger partial charge in [-0.1, -0.05) is 37.6 Å². The summed E-state index contributed by atoms with van der Waals surface area (Å²) >= 11 is 5.76. The molecule has 1 saturated heterocycles. The number of amides is 2. The molecule has 0 aliphatic carbocycles. The number of carbonyl (C=O) groups is 2. The van der Waals surface area contributed by atoms with Crippen LogP contribution in [0.5, 0.6) is 5.75 Å². The number of rotatable bonds is 4. The standard InChI is InChI=1S/C22H23ClFN3O5/c1-11(2)16-22-26(7-4-8-32-22)21(31)17-19(29)18(28)13(10-27(16)17)20(30)25-9-12-5-3-6-14(23)15(12)24/h3,5-6,10-11,16,22,29H,4,7-9H2,1-2H3,(H,25,30). The van der Waals surface area contributed by atoms with Crippen molar-refractivity contribution in [1.29, 1.82) is 0 Å². The van der Waals surface area contributed by atoms with E-state index in [4.69, 9.17) is 16.3 Å². The van der Waals surface area contributed by atoms with E-state index in [2.05, 4.69) is 5.32 Å². The predicted molar refractivity (Wildman–Crippen MR) is 114 cm³/mol. The van der Waals surface area contributed by atoms with Crippen LogP contribution in [0, 0.1) is 11.7 Å². The fraction of sp³-hybridized carbons (Fsp3) is 0.409. The molecule has 3 heterocycles. The van der Waals surface area contributed by atoms with E-state index in [-0.39, 0.29) is 34.3 Å². The Morgan fingerprint density at radius 3 is 2.84 bits per heavy atom. The van der Waals surface area contributed by atoms with E-state index in [1.54, 1.807) is 6.07 Å². The van der Waals surface area contributed by atoms with Crippen LogP contribution in [0.4, 0.5) is 4.39 Å². The van der Waals surface area contributed by atoms with E-state index in [0.29, 0.717) is 19.6 Å². The first kappa shape index (κ1) is 22.3. The first-order valence-electron chi connectivity index (χ1n) is 10.3. The molecule has 2 aliphatic rings. The Bertz CT molecular complexity index is 1150. The fourth-order valence-electron chi connectivity index (χ4n) is 4.26. The van der Waals surface area contributed by atoms with E-state index in [1.165, 1.54) is 27.8 Å². The Morgan fingerprint density at radius 1 is 1.38 bits per heavy atom. The van der Waals surface area contributed by atoms with Gasteiger partial charge in [-0.15, -0.1) is 0 Å². The van der Waals surface area contributed by atoms with Crippen LogP contribution >= 0.6 is 11.6 Å². The summed E-state index contributed by atoms with van der Waals surface area (Å²) in [5.41, 5.74) is -1.33. The molecule has 0 radical (unpaired) electrons. The number of carbonyl (C=O) groups excluding carboxylic acids is 2. The molecule has 2 aromatic rings. The van der Waals surface area contributed by atoms with Crippen LogP contribution in [0.15, 0.2) is 29.2 Å². The summed E-state index contributed by atoms with van der Waals surface area (Å²) in [7, 11) is 0. The maximum Gasteiger partial charge on any atom is 0.276 e. The zero-order valence-electron chi connectivity index (χ0n) is 17.6. The van der Waals surface area contributed by atoms with Crippen LogP contribution < -0.4 is 10.7 Å². The van der Waals surface area contributed by atoms with Crippen LogP contribution in [-0.4, -0.2) is 45.8 Å². The molecular formula is C22H23ClFN3O5. The number of ether oxygens (including phenoxy) is 1. The minimum Gasteiger partial charge on any atom is -0.503 e. The lowest BCUT2D eigenvalue weighted by Gasteiger charge is -2.46. The van der Waals surface area contributed by atoms with Gasteiger partial charge in [-0.3, -0.25) is 14.4 Å². The van der Waals surface area contributed by atoms with Crippen LogP contribution in [0.1, 0.15) is 52.7 Å². The highest BCUT2D eigenvalue weighted by Crippen LogP contribution is 2.37. The lowest BCUT2D eigenvalue weighted by atomic mass is 9.95. The highest BCUT2D eigenvalue weighted by molar-refractivity contribution is 6.30. The van der Waals surface area contributed by atoms with Gasteiger partial charge in [0.05, 0.1) is 17.7 Å². The summed E-state index contributed by atoms with van der Waals surface area (Å²) in [6.07, 6.45) is 1.36. The third-order valence-electron chi connectivity index (χ3n) is 5.82. The van der Waals surface area contributed by atoms with Crippen molar-refractivity contribution in [2.45, 2.75) is 39.1 Å². The Kier molecular flexibility index (Phi) is 5.96. The molecule has 8 nitrogen and oxygen atoms in total. The number of benzene rings is 1. The molecule has 170 valence electrons. The molecule has 2 atom stereocenters. The molecule has 2 unspecified atom stereocenters. The average Bonchev–Trinajstić information content (AvgIpc) is 2.76. The molecule has 0 bridgehead atoms. The molecule has 1 fully saturated rings. The smallest absolute Gasteiger partial charge is 0.276 e. The highest BCUT2D eigenvalue weighted by Gasteiger charge is 2.45. The van der Waals surface area contributed by atoms with Crippen molar-refractivity contribution in [3.63, 3.8) is 0 Å². The summed E-state index contributed by atoms with van der Waals surface area (Å²) in [5.74, 6) is -2.81. The fourth-order valence-corrected chi connectivity index (χ4v) is 4.46. The third kappa shape index (κ3) is 3.65. The quantitative estimate of drug-likeness (QED) is 0.726. The van der Waals surface area contributed by atoms with Crippen molar-refractivity contribution in [2.75, 3.05) is 13.2 Å². The van der Waals surface area contributed by atoms with E-state index in [0.717, 1.165) is 0 Å². The van der Waals surface area contributed by atoms with Gasteiger partial charge in [0.25, 0.3) is 11.8 Å². The Morgan fingerprint density at radius 2 is 2.12 bits per heavy atom. The van der Waals surface area contributed by atoms with Gasteiger partial charge in [0, 0.05) is 24.8 Å². The van der Waals surface area contributed by atoms with Crippen LogP contribution in [0.3, 0.4) is 0 Å². The number of hydrogen-bond donors (Lipinski definition) is 2. The van der Waals surface area contributed by atoms with E-state index in [1.807, 2.05) is 13.8 Å². The maximum absolute atomic E-state index is 14.1. The van der Waals surface area contributed by atoms with Gasteiger partial charge in [-0.2, -0.15) is 0 Å². The largest absolute Gasteiger partial charge is 0.503 e. The van der Waals surface area contributed by atoms with E-state index < -0.39 is 41.1 Å². The van der Waals surface area contributed by atoms with Gasteiger partial charge in [-0.05, 0) is 18.4 Å². The number of hydrogen-bond acceptors (Lipinski definition) is 5. The van der Waals surface area contributed by atoms with Gasteiger partial charge in [0.2, 0.25) is 5.43 Å². The summed E-state index contributed by atoms with van der Waals surface area (Å²) in [6.45, 7) is 4.58. The first-order chi connectivity index (χ1) is 15.2. The second kappa shape index (κ2) is 8.55. The number of aromatic nitrogens is 1. The molecule has 0 spiro atoms. The average molecular weight is 464 g/mol. The van der Waals surface area contributed by atoms with E-state index in [9.17, 15) is 23.9 Å². The van der Waals surface area contributed by atoms with Gasteiger partial charge in [0.15, 0.2) is 17.7 Å². The summed E-state index contributed by atoms with van der Waals surface area (Å²) < 4.78 is 21.4. The maximum atomic E-state index is 14.1. The number of aromatic hydroxyl groups is 1. The lowest BCUT2D eigenvalue weighted by molar-refractivity contribution is -0.120. The van der Waals surface area contributed by atoms with Crippen molar-refractivity contribution >= 4 is 23.4 Å². The number of nitrogens with zero attached hydrogens (tertiary/aromatic N) is 2. The molecule has 1 aromatic carbocycles. The van der Waals surface area contributed by atoms with Crippen molar-refractivity contribution in [2.24, 2.45) is 5.92 Å². The zero-order valence-corrected chi connectivity index (χ0v) is 18.4. The van der Waals surface area contributed by atoms with Crippen LogP contribution in [0.2, 0.25) is 5.02 Å². The van der Waals surface area contributed by atoms with Gasteiger partial charge in [-0.25, -0.2) is 4.39 Å². The number of fused-ring (bicyclic) bond motifs is 2. The molecule has 2 N–H and O–H groups in total. The normalized spacial score (nSPS) is 20.2. The molecule has 0 saturated carbocycles. The summed E-state index contributed by atoms with van der Waals surface area (Å²) in [5, 5.41) is 13.0. The second-order valence-electron chi connectivity index (χ2n) is 8.22. The number of pyridine rings is 1. The topological polar surface area (TPSA) is 101 Å². The molecule has 10 heteroatoms. The second-order valence-corrected chi connectivity index (χ2v) is 8.63. The van der Waals surface area contributed by atoms with Crippen LogP contribution in [-0.2, 0) is 11.3 Å². The molecule has 2 amide bonds. The number of halogens is 2. The molecule has 32 heavy (non-hydrogen) atoms. The van der Waals surface area contributed by atoms with Crippen molar-refractivity contribution in [1.82, 2.24) is 14.8 Å². The van der Waals surface area contributed by atoms with Gasteiger partial charge in [0.1, 0.15) is 11.4 Å². The zero-order chi connectivity index (χ0) is 23.2. The summed E-state index contributed by atoms with van der Waals surface area (Å²) in [6, 6.07) is 3.98. The minimum absolute atomic E-state index is 0.0363. The van der Waals surface area contributed by atoms with Gasteiger partial charge >= 0.3 is 0 Å².